The van der Waals surface area contributed by atoms with E-state index in [9.17, 15) is 4.79 Å². The maximum absolute atomic E-state index is 10.6. The molecule has 2 aromatic rings. The maximum atomic E-state index is 10.6. The van der Waals surface area contributed by atoms with Crippen LogP contribution in [-0.4, -0.2) is 30.4 Å². The SMILES string of the molecule is O=CNc1ccc2scc(C3CCN4CCCC4C3)c2c1. The van der Waals surface area contributed by atoms with Gasteiger partial charge in [-0.05, 0) is 79.2 Å². The Hall–Kier alpha value is -1.39. The molecule has 2 unspecified atom stereocenters. The highest BCUT2D eigenvalue weighted by Gasteiger charge is 2.33. The molecule has 110 valence electrons. The van der Waals surface area contributed by atoms with Crippen LogP contribution in [0.5, 0.6) is 0 Å². The molecule has 0 radical (unpaired) electrons. The normalized spacial score (nSPS) is 25.9. The highest BCUT2D eigenvalue weighted by molar-refractivity contribution is 7.17. The summed E-state index contributed by atoms with van der Waals surface area (Å²) < 4.78 is 1.33. The molecule has 3 nitrogen and oxygen atoms in total. The van der Waals surface area contributed by atoms with E-state index < -0.39 is 0 Å². The van der Waals surface area contributed by atoms with Gasteiger partial charge in [0.05, 0.1) is 0 Å². The Labute approximate surface area is 128 Å². The van der Waals surface area contributed by atoms with Crippen molar-refractivity contribution in [2.75, 3.05) is 18.4 Å². The monoisotopic (exact) mass is 300 g/mol. The molecule has 1 aromatic carbocycles. The van der Waals surface area contributed by atoms with E-state index in [2.05, 4.69) is 27.7 Å². The van der Waals surface area contributed by atoms with Gasteiger partial charge in [0, 0.05) is 16.4 Å². The lowest BCUT2D eigenvalue weighted by atomic mass is 9.85. The zero-order chi connectivity index (χ0) is 14.2. The molecule has 0 aliphatic carbocycles. The second-order valence-corrected chi connectivity index (χ2v) is 7.13. The predicted molar refractivity (Wildman–Crippen MR) is 88.1 cm³/mol. The number of carbonyl (C=O) groups is 1. The van der Waals surface area contributed by atoms with Gasteiger partial charge in [0.2, 0.25) is 6.41 Å². The number of thiophene rings is 1. The van der Waals surface area contributed by atoms with Gasteiger partial charge in [-0.1, -0.05) is 0 Å². The Bertz CT molecular complexity index is 666. The van der Waals surface area contributed by atoms with Gasteiger partial charge in [0.25, 0.3) is 0 Å². The van der Waals surface area contributed by atoms with Crippen molar-refractivity contribution in [3.63, 3.8) is 0 Å². The minimum Gasteiger partial charge on any atom is -0.329 e. The number of anilines is 1. The molecule has 1 N–H and O–H groups in total. The molecule has 2 aliphatic heterocycles. The van der Waals surface area contributed by atoms with E-state index in [-0.39, 0.29) is 0 Å². The molecule has 2 aliphatic rings. The van der Waals surface area contributed by atoms with Crippen molar-refractivity contribution in [3.8, 4) is 0 Å². The smallest absolute Gasteiger partial charge is 0.211 e. The largest absolute Gasteiger partial charge is 0.329 e. The molecule has 3 heterocycles. The molecule has 0 saturated carbocycles. The summed E-state index contributed by atoms with van der Waals surface area (Å²) in [6, 6.07) is 7.04. The number of hydrogen-bond donors (Lipinski definition) is 1. The van der Waals surface area contributed by atoms with E-state index in [0.29, 0.717) is 5.92 Å². The maximum Gasteiger partial charge on any atom is 0.211 e. The third kappa shape index (κ3) is 2.36. The molecule has 2 atom stereocenters. The highest BCUT2D eigenvalue weighted by Crippen LogP contribution is 2.41. The Balaban J connectivity index is 1.66. The number of fused-ring (bicyclic) bond motifs is 2. The first-order valence-corrected chi connectivity index (χ1v) is 8.68. The Morgan fingerprint density at radius 1 is 1.29 bits per heavy atom. The van der Waals surface area contributed by atoms with Crippen LogP contribution in [0, 0.1) is 0 Å². The Morgan fingerprint density at radius 2 is 2.24 bits per heavy atom. The van der Waals surface area contributed by atoms with Crippen molar-refractivity contribution in [1.82, 2.24) is 4.90 Å². The molecule has 0 bridgehead atoms. The van der Waals surface area contributed by atoms with Gasteiger partial charge in [0.1, 0.15) is 0 Å². The molecule has 4 rings (SSSR count). The average molecular weight is 300 g/mol. The fraction of sp³-hybridized carbons (Fsp3) is 0.471. The summed E-state index contributed by atoms with van der Waals surface area (Å²) in [5, 5.41) is 6.45. The summed E-state index contributed by atoms with van der Waals surface area (Å²) in [7, 11) is 0. The molecule has 4 heteroatoms. The number of benzene rings is 1. The van der Waals surface area contributed by atoms with Crippen molar-refractivity contribution < 1.29 is 4.79 Å². The van der Waals surface area contributed by atoms with Crippen LogP contribution < -0.4 is 5.32 Å². The second kappa shape index (κ2) is 5.43. The first-order chi connectivity index (χ1) is 10.3. The fourth-order valence-electron chi connectivity index (χ4n) is 4.03. The van der Waals surface area contributed by atoms with Crippen molar-refractivity contribution in [3.05, 3.63) is 29.1 Å². The molecule has 1 aromatic heterocycles. The first-order valence-electron chi connectivity index (χ1n) is 7.80. The van der Waals surface area contributed by atoms with Crippen LogP contribution in [0.4, 0.5) is 5.69 Å². The lowest BCUT2D eigenvalue weighted by molar-refractivity contribution is -0.105. The van der Waals surface area contributed by atoms with Crippen LogP contribution in [0.15, 0.2) is 23.6 Å². The summed E-state index contributed by atoms with van der Waals surface area (Å²) in [5.41, 5.74) is 2.39. The van der Waals surface area contributed by atoms with E-state index in [1.54, 1.807) is 0 Å². The van der Waals surface area contributed by atoms with E-state index in [1.165, 1.54) is 54.4 Å². The van der Waals surface area contributed by atoms with Gasteiger partial charge < -0.3 is 10.2 Å². The van der Waals surface area contributed by atoms with E-state index in [4.69, 9.17) is 0 Å². The molecule has 21 heavy (non-hydrogen) atoms. The van der Waals surface area contributed by atoms with Gasteiger partial charge >= 0.3 is 0 Å². The third-order valence-electron chi connectivity index (χ3n) is 5.09. The fourth-order valence-corrected chi connectivity index (χ4v) is 5.05. The van der Waals surface area contributed by atoms with Crippen LogP contribution in [0.3, 0.4) is 0 Å². The zero-order valence-corrected chi connectivity index (χ0v) is 12.9. The van der Waals surface area contributed by atoms with Crippen LogP contribution in [0.2, 0.25) is 0 Å². The number of carbonyl (C=O) groups excluding carboxylic acids is 1. The highest BCUT2D eigenvalue weighted by atomic mass is 32.1. The van der Waals surface area contributed by atoms with Gasteiger partial charge in [-0.15, -0.1) is 11.3 Å². The lowest BCUT2D eigenvalue weighted by Gasteiger charge is -2.34. The summed E-state index contributed by atoms with van der Waals surface area (Å²) in [6.45, 7) is 2.55. The molecular formula is C17H20N2OS. The van der Waals surface area contributed by atoms with Gasteiger partial charge in [-0.3, -0.25) is 4.79 Å². The number of nitrogens with zero attached hydrogens (tertiary/aromatic N) is 1. The predicted octanol–water partition coefficient (Wildman–Crippen LogP) is 3.81. The van der Waals surface area contributed by atoms with Gasteiger partial charge in [0.15, 0.2) is 0 Å². The molecule has 0 spiro atoms. The van der Waals surface area contributed by atoms with Crippen LogP contribution in [0.1, 0.15) is 37.2 Å². The van der Waals surface area contributed by atoms with Crippen LogP contribution in [0.25, 0.3) is 10.1 Å². The van der Waals surface area contributed by atoms with Crippen LogP contribution in [-0.2, 0) is 4.79 Å². The summed E-state index contributed by atoms with van der Waals surface area (Å²) in [4.78, 5) is 13.3. The Kier molecular flexibility index (Phi) is 3.43. The third-order valence-corrected chi connectivity index (χ3v) is 6.07. The minimum atomic E-state index is 0.685. The quantitative estimate of drug-likeness (QED) is 0.874. The zero-order valence-electron chi connectivity index (χ0n) is 12.0. The molecule has 2 saturated heterocycles. The lowest BCUT2D eigenvalue weighted by Crippen LogP contribution is -2.37. The molecular weight excluding hydrogens is 280 g/mol. The average Bonchev–Trinajstić information content (AvgIpc) is 3.12. The standard InChI is InChI=1S/C17H20N2OS/c20-11-18-13-3-4-17-15(9-13)16(10-21-17)12-5-7-19-6-1-2-14(19)8-12/h3-4,9-12,14H,1-2,5-8H2,(H,18,20). The van der Waals surface area contributed by atoms with E-state index in [0.717, 1.165) is 18.1 Å². The number of amides is 1. The second-order valence-electron chi connectivity index (χ2n) is 6.22. The van der Waals surface area contributed by atoms with Gasteiger partial charge in [-0.2, -0.15) is 0 Å². The number of rotatable bonds is 3. The van der Waals surface area contributed by atoms with Crippen molar-refractivity contribution in [1.29, 1.82) is 0 Å². The topological polar surface area (TPSA) is 32.3 Å². The molecule has 2 fully saturated rings. The van der Waals surface area contributed by atoms with Crippen molar-refractivity contribution in [2.24, 2.45) is 0 Å². The summed E-state index contributed by atoms with van der Waals surface area (Å²) >= 11 is 1.83. The Morgan fingerprint density at radius 3 is 3.14 bits per heavy atom. The summed E-state index contributed by atoms with van der Waals surface area (Å²) in [5.74, 6) is 0.685. The number of hydrogen-bond acceptors (Lipinski definition) is 3. The van der Waals surface area contributed by atoms with Gasteiger partial charge in [-0.25, -0.2) is 0 Å². The first kappa shape index (κ1) is 13.3. The van der Waals surface area contributed by atoms with Crippen molar-refractivity contribution in [2.45, 2.75) is 37.6 Å². The molecule has 1 amide bonds. The van der Waals surface area contributed by atoms with Crippen LogP contribution >= 0.6 is 11.3 Å². The minimum absolute atomic E-state index is 0.685. The number of piperidine rings is 1. The van der Waals surface area contributed by atoms with Crippen molar-refractivity contribution >= 4 is 33.5 Å². The summed E-state index contributed by atoms with van der Waals surface area (Å²) in [6.07, 6.45) is 6.07. The van der Waals surface area contributed by atoms with E-state index >= 15 is 0 Å². The van der Waals surface area contributed by atoms with E-state index in [1.807, 2.05) is 17.4 Å². The number of nitrogens with one attached hydrogen (secondary N) is 1.